The third-order valence-electron chi connectivity index (χ3n) is 9.98. The highest BCUT2D eigenvalue weighted by atomic mass is 16.2. The molecule has 2 saturated carbocycles. The van der Waals surface area contributed by atoms with Crippen molar-refractivity contribution in [1.29, 1.82) is 0 Å². The van der Waals surface area contributed by atoms with E-state index in [0.717, 1.165) is 56.8 Å². The van der Waals surface area contributed by atoms with Crippen LogP contribution in [0.1, 0.15) is 104 Å². The highest BCUT2D eigenvalue weighted by Gasteiger charge is 2.48. The van der Waals surface area contributed by atoms with Crippen molar-refractivity contribution in [3.63, 3.8) is 0 Å². The van der Waals surface area contributed by atoms with E-state index in [0.29, 0.717) is 29.5 Å². The van der Waals surface area contributed by atoms with E-state index in [2.05, 4.69) is 11.8 Å². The van der Waals surface area contributed by atoms with Gasteiger partial charge in [0, 0.05) is 57.3 Å². The fourth-order valence-corrected chi connectivity index (χ4v) is 7.91. The Hall–Kier alpha value is -2.37. The molecule has 0 N–H and O–H groups in total. The van der Waals surface area contributed by atoms with Gasteiger partial charge in [0.1, 0.15) is 0 Å². The third kappa shape index (κ3) is 5.18. The quantitative estimate of drug-likeness (QED) is 0.521. The smallest absolute Gasteiger partial charge is 0.254 e. The highest BCUT2D eigenvalue weighted by Crippen LogP contribution is 2.49. The highest BCUT2D eigenvalue weighted by molar-refractivity contribution is 6.04. The number of nitrogens with zero attached hydrogens (tertiary/aromatic N) is 3. The molecule has 1 saturated heterocycles. The molecule has 6 nitrogen and oxygen atoms in total. The maximum Gasteiger partial charge on any atom is 0.254 e. The fraction of sp³-hybridized carbons (Fsp3) is 0.710. The molecule has 0 radical (unpaired) electrons. The summed E-state index contributed by atoms with van der Waals surface area (Å²) < 4.78 is 0. The molecule has 2 heterocycles. The van der Waals surface area contributed by atoms with Crippen LogP contribution in [0, 0.1) is 23.2 Å². The van der Waals surface area contributed by atoms with Crippen molar-refractivity contribution in [1.82, 2.24) is 14.7 Å². The van der Waals surface area contributed by atoms with Gasteiger partial charge in [0.2, 0.25) is 5.91 Å². The predicted octanol–water partition coefficient (Wildman–Crippen LogP) is 5.36. The average molecular weight is 508 g/mol. The molecule has 6 heteroatoms. The number of fused-ring (bicyclic) bond motifs is 1. The minimum absolute atomic E-state index is 0.0482. The molecule has 0 bridgehead atoms. The normalized spacial score (nSPS) is 24.4. The van der Waals surface area contributed by atoms with Gasteiger partial charge in [-0.3, -0.25) is 14.4 Å². The lowest BCUT2D eigenvalue weighted by Gasteiger charge is -2.48. The zero-order chi connectivity index (χ0) is 26.2. The summed E-state index contributed by atoms with van der Waals surface area (Å²) in [6.45, 7) is 5.04. The van der Waals surface area contributed by atoms with Crippen LogP contribution < -0.4 is 0 Å². The Morgan fingerprint density at radius 2 is 1.78 bits per heavy atom. The van der Waals surface area contributed by atoms with Crippen molar-refractivity contribution in [2.24, 2.45) is 23.2 Å². The van der Waals surface area contributed by atoms with E-state index in [1.165, 1.54) is 44.9 Å². The van der Waals surface area contributed by atoms with Crippen molar-refractivity contribution in [2.75, 3.05) is 33.7 Å². The second-order valence-corrected chi connectivity index (χ2v) is 12.7. The first kappa shape index (κ1) is 26.2. The van der Waals surface area contributed by atoms with Crippen LogP contribution in [0.25, 0.3) is 0 Å². The van der Waals surface area contributed by atoms with Gasteiger partial charge in [0.05, 0.1) is 0 Å². The summed E-state index contributed by atoms with van der Waals surface area (Å²) in [7, 11) is 3.51. The lowest BCUT2D eigenvalue weighted by atomic mass is 9.69. The summed E-state index contributed by atoms with van der Waals surface area (Å²) >= 11 is 0. The maximum atomic E-state index is 13.5. The number of piperidine rings is 1. The van der Waals surface area contributed by atoms with Gasteiger partial charge in [-0.15, -0.1) is 0 Å². The van der Waals surface area contributed by atoms with Gasteiger partial charge in [0.15, 0.2) is 0 Å². The molecule has 5 rings (SSSR count). The third-order valence-corrected chi connectivity index (χ3v) is 9.98. The maximum absolute atomic E-state index is 13.5. The second-order valence-electron chi connectivity index (χ2n) is 12.7. The minimum atomic E-state index is -0.0482. The molecule has 202 valence electrons. The standard InChI is InChI=1S/C31H45N3O3/c1-22(18-23-10-5-4-6-11-23)28(35)33-17-14-24(31(21-33)15-7-8-16-31)19-34-20-27-25(29(36)32(2)3)12-9-13-26(27)30(34)37/h9,12-13,22-24H,4-8,10-11,14-21H2,1-3H3/t22?,24-/m1/s1. The fourth-order valence-electron chi connectivity index (χ4n) is 7.91. The Bertz CT molecular complexity index is 1020. The summed E-state index contributed by atoms with van der Waals surface area (Å²) in [6, 6.07) is 5.54. The first-order valence-corrected chi connectivity index (χ1v) is 14.7. The van der Waals surface area contributed by atoms with Crippen LogP contribution in [0.2, 0.25) is 0 Å². The Balaban J connectivity index is 1.27. The molecule has 1 aromatic carbocycles. The minimum Gasteiger partial charge on any atom is -0.345 e. The number of hydrogen-bond acceptors (Lipinski definition) is 3. The Morgan fingerprint density at radius 1 is 1.05 bits per heavy atom. The van der Waals surface area contributed by atoms with Crippen LogP contribution in [0.15, 0.2) is 18.2 Å². The molecule has 0 aromatic heterocycles. The Labute approximate surface area is 222 Å². The summed E-state index contributed by atoms with van der Waals surface area (Å²) in [5.74, 6) is 1.59. The summed E-state index contributed by atoms with van der Waals surface area (Å²) in [5, 5.41) is 0. The SMILES string of the molecule is CC(CC1CCCCC1)C(=O)N1CC[C@H](CN2Cc3c(C(=O)N(C)C)cccc3C2=O)C2(CCCC2)C1. The molecule has 37 heavy (non-hydrogen) atoms. The van der Waals surface area contributed by atoms with E-state index >= 15 is 0 Å². The molecule has 3 amide bonds. The molecule has 4 aliphatic rings. The van der Waals surface area contributed by atoms with Crippen molar-refractivity contribution in [3.8, 4) is 0 Å². The largest absolute Gasteiger partial charge is 0.345 e. The molecule has 1 spiro atoms. The zero-order valence-corrected chi connectivity index (χ0v) is 23.1. The van der Waals surface area contributed by atoms with E-state index in [-0.39, 0.29) is 23.1 Å². The average Bonchev–Trinajstić information content (AvgIpc) is 3.49. The monoisotopic (exact) mass is 507 g/mol. The van der Waals surface area contributed by atoms with Gasteiger partial charge in [-0.2, -0.15) is 0 Å². The summed E-state index contributed by atoms with van der Waals surface area (Å²) in [4.78, 5) is 45.4. The van der Waals surface area contributed by atoms with E-state index in [9.17, 15) is 14.4 Å². The lowest BCUT2D eigenvalue weighted by Crippen LogP contribution is -2.53. The number of benzene rings is 1. The molecule has 2 aliphatic carbocycles. The molecule has 1 unspecified atom stereocenters. The van der Waals surface area contributed by atoms with Gasteiger partial charge in [0.25, 0.3) is 11.8 Å². The van der Waals surface area contributed by atoms with Crippen molar-refractivity contribution in [2.45, 2.75) is 84.1 Å². The van der Waals surface area contributed by atoms with Gasteiger partial charge in [-0.1, -0.05) is 57.9 Å². The number of carbonyl (C=O) groups excluding carboxylic acids is 3. The number of likely N-dealkylation sites (tertiary alicyclic amines) is 1. The van der Waals surface area contributed by atoms with Gasteiger partial charge < -0.3 is 14.7 Å². The Kier molecular flexibility index (Phi) is 7.65. The predicted molar refractivity (Wildman–Crippen MR) is 145 cm³/mol. The molecular formula is C31H45N3O3. The summed E-state index contributed by atoms with van der Waals surface area (Å²) in [5.41, 5.74) is 2.31. The molecule has 1 aromatic rings. The van der Waals surface area contributed by atoms with Crippen LogP contribution in [0.4, 0.5) is 0 Å². The molecule has 2 atom stereocenters. The van der Waals surface area contributed by atoms with Crippen LogP contribution >= 0.6 is 0 Å². The first-order chi connectivity index (χ1) is 17.8. The van der Waals surface area contributed by atoms with E-state index in [1.54, 1.807) is 19.0 Å². The van der Waals surface area contributed by atoms with Crippen molar-refractivity contribution < 1.29 is 14.4 Å². The van der Waals surface area contributed by atoms with Crippen LogP contribution in [-0.4, -0.2) is 66.2 Å². The number of rotatable bonds is 6. The van der Waals surface area contributed by atoms with Crippen LogP contribution in [0.3, 0.4) is 0 Å². The number of carbonyl (C=O) groups is 3. The van der Waals surface area contributed by atoms with Crippen LogP contribution in [0.5, 0.6) is 0 Å². The van der Waals surface area contributed by atoms with Gasteiger partial charge in [-0.05, 0) is 60.6 Å². The molecule has 3 fully saturated rings. The number of hydrogen-bond donors (Lipinski definition) is 0. The lowest BCUT2D eigenvalue weighted by molar-refractivity contribution is -0.141. The zero-order valence-electron chi connectivity index (χ0n) is 23.1. The van der Waals surface area contributed by atoms with E-state index in [1.807, 2.05) is 23.1 Å². The molecule has 2 aliphatic heterocycles. The second kappa shape index (κ2) is 10.8. The van der Waals surface area contributed by atoms with Gasteiger partial charge >= 0.3 is 0 Å². The Morgan fingerprint density at radius 3 is 2.49 bits per heavy atom. The molecular weight excluding hydrogens is 462 g/mol. The van der Waals surface area contributed by atoms with Crippen LogP contribution in [-0.2, 0) is 11.3 Å². The van der Waals surface area contributed by atoms with Crippen molar-refractivity contribution >= 4 is 17.7 Å². The van der Waals surface area contributed by atoms with E-state index in [4.69, 9.17) is 0 Å². The summed E-state index contributed by atoms with van der Waals surface area (Å²) in [6.07, 6.45) is 13.3. The van der Waals surface area contributed by atoms with Gasteiger partial charge in [-0.25, -0.2) is 0 Å². The van der Waals surface area contributed by atoms with Crippen molar-refractivity contribution in [3.05, 3.63) is 34.9 Å². The first-order valence-electron chi connectivity index (χ1n) is 14.7. The topological polar surface area (TPSA) is 60.9 Å². The van der Waals surface area contributed by atoms with E-state index < -0.39 is 0 Å². The number of amides is 3.